The monoisotopic (exact) mass is 453 g/mol. The first kappa shape index (κ1) is 21.1. The Hall–Kier alpha value is -4.12. The van der Waals surface area contributed by atoms with Crippen LogP contribution < -0.4 is 18.9 Å². The van der Waals surface area contributed by atoms with Gasteiger partial charge >= 0.3 is 0 Å². The summed E-state index contributed by atoms with van der Waals surface area (Å²) in [6.45, 7) is 0. The van der Waals surface area contributed by atoms with Gasteiger partial charge in [-0.15, -0.1) is 10.2 Å². The summed E-state index contributed by atoms with van der Waals surface area (Å²) in [7, 11) is -0.906. The zero-order chi connectivity index (χ0) is 22.6. The number of methoxy groups -OCH3 is 2. The van der Waals surface area contributed by atoms with Crippen LogP contribution in [0.1, 0.15) is 0 Å². The molecule has 0 aliphatic rings. The van der Waals surface area contributed by atoms with Crippen molar-refractivity contribution in [3.8, 4) is 28.9 Å². The third kappa shape index (κ3) is 4.62. The Labute approximate surface area is 184 Å². The normalized spacial score (nSPS) is 11.1. The number of aromatic nitrogens is 4. The van der Waals surface area contributed by atoms with Crippen LogP contribution in [0.25, 0.3) is 5.82 Å². The first-order chi connectivity index (χ1) is 15.5. The number of ether oxygens (including phenoxy) is 3. The van der Waals surface area contributed by atoms with Crippen molar-refractivity contribution in [3.63, 3.8) is 0 Å². The Morgan fingerprint density at radius 3 is 2.31 bits per heavy atom. The summed E-state index contributed by atoms with van der Waals surface area (Å²) in [5.41, 5.74) is 0.368. The zero-order valence-corrected chi connectivity index (χ0v) is 18.0. The summed E-state index contributed by atoms with van der Waals surface area (Å²) < 4.78 is 45.5. The second kappa shape index (κ2) is 8.94. The summed E-state index contributed by atoms with van der Waals surface area (Å²) in [4.78, 5) is 0.0445. The summed E-state index contributed by atoms with van der Waals surface area (Å²) in [5, 5.41) is 12.2. The van der Waals surface area contributed by atoms with Crippen LogP contribution in [-0.2, 0) is 10.0 Å². The van der Waals surface area contributed by atoms with Crippen molar-refractivity contribution in [2.45, 2.75) is 4.90 Å². The van der Waals surface area contributed by atoms with Crippen LogP contribution in [-0.4, -0.2) is 42.6 Å². The van der Waals surface area contributed by atoms with Crippen molar-refractivity contribution in [2.75, 3.05) is 18.9 Å². The van der Waals surface area contributed by atoms with E-state index in [0.29, 0.717) is 34.6 Å². The van der Waals surface area contributed by atoms with E-state index in [1.165, 1.54) is 32.4 Å². The van der Waals surface area contributed by atoms with Gasteiger partial charge in [-0.05, 0) is 48.5 Å². The number of anilines is 1. The molecule has 4 aromatic rings. The maximum absolute atomic E-state index is 12.7. The van der Waals surface area contributed by atoms with E-state index in [1.807, 2.05) is 0 Å². The predicted molar refractivity (Wildman–Crippen MR) is 116 cm³/mol. The van der Waals surface area contributed by atoms with Crippen molar-refractivity contribution in [1.82, 2.24) is 20.0 Å². The Balaban J connectivity index is 1.44. The molecule has 32 heavy (non-hydrogen) atoms. The molecule has 2 aromatic carbocycles. The van der Waals surface area contributed by atoms with E-state index < -0.39 is 10.0 Å². The van der Waals surface area contributed by atoms with Gasteiger partial charge in [-0.1, -0.05) is 0 Å². The molecule has 11 heteroatoms. The lowest BCUT2D eigenvalue weighted by Crippen LogP contribution is -2.13. The third-order valence-electron chi connectivity index (χ3n) is 4.36. The van der Waals surface area contributed by atoms with Gasteiger partial charge in [0.05, 0.1) is 19.1 Å². The summed E-state index contributed by atoms with van der Waals surface area (Å²) >= 11 is 0. The van der Waals surface area contributed by atoms with E-state index in [9.17, 15) is 8.42 Å². The van der Waals surface area contributed by atoms with Crippen LogP contribution in [0.3, 0.4) is 0 Å². The molecular formula is C21H19N5O5S. The number of hydrogen-bond donors (Lipinski definition) is 1. The molecule has 2 aromatic heterocycles. The molecule has 0 saturated heterocycles. The molecular weight excluding hydrogens is 434 g/mol. The van der Waals surface area contributed by atoms with Gasteiger partial charge in [-0.3, -0.25) is 4.72 Å². The summed E-state index contributed by atoms with van der Waals surface area (Å²) in [6.07, 6.45) is 3.40. The topological polar surface area (TPSA) is 117 Å². The molecule has 164 valence electrons. The molecule has 10 nitrogen and oxygen atoms in total. The van der Waals surface area contributed by atoms with Crippen LogP contribution in [0.4, 0.5) is 5.69 Å². The van der Waals surface area contributed by atoms with Crippen LogP contribution >= 0.6 is 0 Å². The van der Waals surface area contributed by atoms with Crippen molar-refractivity contribution in [3.05, 3.63) is 73.1 Å². The SMILES string of the molecule is COc1ccc(S(=O)(=O)Nc2ccc(Oc3ccc(-n4cccn4)nn3)cc2)cc1OC. The van der Waals surface area contributed by atoms with Crippen molar-refractivity contribution in [2.24, 2.45) is 0 Å². The Bertz CT molecular complexity index is 1290. The fourth-order valence-electron chi connectivity index (χ4n) is 2.80. The van der Waals surface area contributed by atoms with E-state index in [1.54, 1.807) is 59.5 Å². The van der Waals surface area contributed by atoms with Gasteiger partial charge in [-0.25, -0.2) is 13.1 Å². The first-order valence-corrected chi connectivity index (χ1v) is 10.8. The standard InChI is InChI=1S/C21H19N5O5S/c1-29-18-9-8-17(14-19(18)30-2)32(27,28)25-15-4-6-16(7-5-15)31-21-11-10-20(23-24-21)26-13-3-12-22-26/h3-14,25H,1-2H3. The highest BCUT2D eigenvalue weighted by Gasteiger charge is 2.17. The number of nitrogens with zero attached hydrogens (tertiary/aromatic N) is 4. The molecule has 0 atom stereocenters. The van der Waals surface area contributed by atoms with Crippen LogP contribution in [0.15, 0.2) is 78.0 Å². The molecule has 4 rings (SSSR count). The van der Waals surface area contributed by atoms with Gasteiger partial charge in [0.25, 0.3) is 10.0 Å². The fraction of sp³-hybridized carbons (Fsp3) is 0.0952. The van der Waals surface area contributed by atoms with Crippen LogP contribution in [0.2, 0.25) is 0 Å². The second-order valence-electron chi connectivity index (χ2n) is 6.43. The minimum atomic E-state index is -3.83. The lowest BCUT2D eigenvalue weighted by Gasteiger charge is -2.12. The fourth-order valence-corrected chi connectivity index (χ4v) is 3.88. The molecule has 2 heterocycles. The molecule has 0 aliphatic heterocycles. The maximum atomic E-state index is 12.7. The van der Waals surface area contributed by atoms with Crippen molar-refractivity contribution in [1.29, 1.82) is 0 Å². The minimum absolute atomic E-state index is 0.0445. The van der Waals surface area contributed by atoms with Gasteiger partial charge in [0.2, 0.25) is 5.88 Å². The predicted octanol–water partition coefficient (Wildman–Crippen LogP) is 3.27. The van der Waals surface area contributed by atoms with Crippen molar-refractivity contribution >= 4 is 15.7 Å². The average molecular weight is 453 g/mol. The van der Waals surface area contributed by atoms with E-state index in [0.717, 1.165) is 0 Å². The van der Waals surface area contributed by atoms with Gasteiger partial charge in [0, 0.05) is 30.2 Å². The highest BCUT2D eigenvalue weighted by molar-refractivity contribution is 7.92. The lowest BCUT2D eigenvalue weighted by atomic mass is 10.3. The van der Waals surface area contributed by atoms with E-state index in [-0.39, 0.29) is 4.90 Å². The largest absolute Gasteiger partial charge is 0.493 e. The van der Waals surface area contributed by atoms with Gasteiger partial charge in [0.15, 0.2) is 17.3 Å². The smallest absolute Gasteiger partial charge is 0.262 e. The number of nitrogens with one attached hydrogen (secondary N) is 1. The molecule has 0 aliphatic carbocycles. The maximum Gasteiger partial charge on any atom is 0.262 e. The highest BCUT2D eigenvalue weighted by atomic mass is 32.2. The Morgan fingerprint density at radius 2 is 1.69 bits per heavy atom. The number of sulfonamides is 1. The number of hydrogen-bond acceptors (Lipinski definition) is 8. The molecule has 0 fully saturated rings. The van der Waals surface area contributed by atoms with Gasteiger partial charge in [-0.2, -0.15) is 5.10 Å². The minimum Gasteiger partial charge on any atom is -0.493 e. The average Bonchev–Trinajstić information content (AvgIpc) is 3.35. The van der Waals surface area contributed by atoms with Crippen molar-refractivity contribution < 1.29 is 22.6 Å². The second-order valence-corrected chi connectivity index (χ2v) is 8.11. The number of rotatable bonds is 8. The van der Waals surface area contributed by atoms with Gasteiger partial charge in [0.1, 0.15) is 5.75 Å². The molecule has 0 saturated carbocycles. The third-order valence-corrected chi connectivity index (χ3v) is 5.74. The first-order valence-electron chi connectivity index (χ1n) is 9.35. The molecule has 0 amide bonds. The molecule has 0 radical (unpaired) electrons. The van der Waals surface area contributed by atoms with Gasteiger partial charge < -0.3 is 14.2 Å². The summed E-state index contributed by atoms with van der Waals surface area (Å²) in [6, 6.07) is 15.9. The number of benzene rings is 2. The molecule has 1 N–H and O–H groups in total. The molecule has 0 spiro atoms. The van der Waals surface area contributed by atoms with E-state index in [4.69, 9.17) is 14.2 Å². The highest BCUT2D eigenvalue weighted by Crippen LogP contribution is 2.30. The summed E-state index contributed by atoms with van der Waals surface area (Å²) in [5.74, 6) is 2.08. The van der Waals surface area contributed by atoms with Crippen LogP contribution in [0.5, 0.6) is 23.1 Å². The Kier molecular flexibility index (Phi) is 5.90. The zero-order valence-electron chi connectivity index (χ0n) is 17.2. The molecule has 0 unspecified atom stereocenters. The van der Waals surface area contributed by atoms with E-state index in [2.05, 4.69) is 20.0 Å². The van der Waals surface area contributed by atoms with Crippen LogP contribution in [0, 0.1) is 0 Å². The Morgan fingerprint density at radius 1 is 0.906 bits per heavy atom. The van der Waals surface area contributed by atoms with E-state index >= 15 is 0 Å². The quantitative estimate of drug-likeness (QED) is 0.432. The lowest BCUT2D eigenvalue weighted by molar-refractivity contribution is 0.354. The molecule has 0 bridgehead atoms.